The van der Waals surface area contributed by atoms with Crippen molar-refractivity contribution in [2.45, 2.75) is 32.2 Å². The van der Waals surface area contributed by atoms with Gasteiger partial charge in [0.05, 0.1) is 13.5 Å². The fraction of sp³-hybridized carbons (Fsp3) is 0.579. The number of aliphatic carboxylic acids is 1. The summed E-state index contributed by atoms with van der Waals surface area (Å²) in [7, 11) is 1.65. The van der Waals surface area contributed by atoms with Crippen molar-refractivity contribution in [1.29, 1.82) is 0 Å². The predicted octanol–water partition coefficient (Wildman–Crippen LogP) is 1.98. The summed E-state index contributed by atoms with van der Waals surface area (Å²) in [5.41, 5.74) is 1.15. The smallest absolute Gasteiger partial charge is 0.304 e. The Morgan fingerprint density at radius 3 is 2.76 bits per heavy atom. The number of benzene rings is 1. The number of methoxy groups -OCH3 is 1. The van der Waals surface area contributed by atoms with E-state index in [-0.39, 0.29) is 17.7 Å². The van der Waals surface area contributed by atoms with Crippen LogP contribution in [0.4, 0.5) is 0 Å². The molecule has 25 heavy (non-hydrogen) atoms. The molecule has 2 aliphatic rings. The maximum atomic E-state index is 12.5. The molecule has 0 aromatic heterocycles. The van der Waals surface area contributed by atoms with E-state index in [4.69, 9.17) is 9.84 Å². The Balaban J connectivity index is 1.56. The normalized spacial score (nSPS) is 20.2. The standard InChI is InChI=1S/C19H26N2O4/c1-25-16-4-2-3-15(11-16)13-21-14-19(12-17(21)22)6-9-20(10-7-19)8-5-18(23)24/h2-4,11H,5-10,12-14H2,1H3,(H,23,24). The molecule has 3 rings (SSSR count). The molecular weight excluding hydrogens is 320 g/mol. The van der Waals surface area contributed by atoms with Gasteiger partial charge in [-0.15, -0.1) is 0 Å². The lowest BCUT2D eigenvalue weighted by atomic mass is 9.77. The third kappa shape index (κ3) is 4.31. The van der Waals surface area contributed by atoms with Gasteiger partial charge in [-0.25, -0.2) is 0 Å². The van der Waals surface area contributed by atoms with E-state index in [1.54, 1.807) is 7.11 Å². The maximum absolute atomic E-state index is 12.5. The van der Waals surface area contributed by atoms with Gasteiger partial charge in [0, 0.05) is 26.1 Å². The van der Waals surface area contributed by atoms with Crippen molar-refractivity contribution in [2.24, 2.45) is 5.41 Å². The number of amides is 1. The molecule has 6 nitrogen and oxygen atoms in total. The molecule has 0 unspecified atom stereocenters. The number of carbonyl (C=O) groups excluding carboxylic acids is 1. The van der Waals surface area contributed by atoms with Gasteiger partial charge in [-0.05, 0) is 49.0 Å². The molecule has 1 amide bonds. The number of piperidine rings is 1. The second-order valence-corrected chi connectivity index (χ2v) is 7.26. The molecule has 1 spiro atoms. The molecule has 0 atom stereocenters. The molecule has 2 heterocycles. The lowest BCUT2D eigenvalue weighted by Gasteiger charge is -2.38. The molecule has 1 aromatic rings. The van der Waals surface area contributed by atoms with Crippen molar-refractivity contribution in [3.05, 3.63) is 29.8 Å². The van der Waals surface area contributed by atoms with Gasteiger partial charge in [0.25, 0.3) is 0 Å². The molecule has 0 saturated carbocycles. The van der Waals surface area contributed by atoms with E-state index in [2.05, 4.69) is 4.90 Å². The number of hydrogen-bond acceptors (Lipinski definition) is 4. The van der Waals surface area contributed by atoms with Crippen LogP contribution in [0.15, 0.2) is 24.3 Å². The zero-order valence-electron chi connectivity index (χ0n) is 14.7. The minimum Gasteiger partial charge on any atom is -0.497 e. The highest BCUT2D eigenvalue weighted by atomic mass is 16.5. The van der Waals surface area contributed by atoms with Crippen LogP contribution in [0.1, 0.15) is 31.2 Å². The highest BCUT2D eigenvalue weighted by Crippen LogP contribution is 2.41. The quantitative estimate of drug-likeness (QED) is 0.853. The Bertz CT molecular complexity index is 638. The van der Waals surface area contributed by atoms with E-state index in [1.807, 2.05) is 29.2 Å². The molecule has 136 valence electrons. The molecule has 0 radical (unpaired) electrons. The lowest BCUT2D eigenvalue weighted by molar-refractivity contribution is -0.137. The van der Waals surface area contributed by atoms with E-state index in [0.717, 1.165) is 43.8 Å². The first-order chi connectivity index (χ1) is 12.0. The lowest BCUT2D eigenvalue weighted by Crippen LogP contribution is -2.42. The third-order valence-corrected chi connectivity index (χ3v) is 5.47. The molecular formula is C19H26N2O4. The first-order valence-corrected chi connectivity index (χ1v) is 8.85. The molecule has 1 aromatic carbocycles. The first kappa shape index (κ1) is 17.7. The summed E-state index contributed by atoms with van der Waals surface area (Å²) in [4.78, 5) is 27.4. The molecule has 0 aliphatic carbocycles. The summed E-state index contributed by atoms with van der Waals surface area (Å²) in [5, 5.41) is 8.81. The zero-order valence-corrected chi connectivity index (χ0v) is 14.7. The van der Waals surface area contributed by atoms with Gasteiger partial charge >= 0.3 is 5.97 Å². The Morgan fingerprint density at radius 1 is 1.32 bits per heavy atom. The SMILES string of the molecule is COc1cccc(CN2CC3(CCN(CCC(=O)O)CC3)CC2=O)c1. The number of ether oxygens (including phenoxy) is 1. The van der Waals surface area contributed by atoms with Gasteiger partial charge in [-0.3, -0.25) is 9.59 Å². The van der Waals surface area contributed by atoms with E-state index in [9.17, 15) is 9.59 Å². The molecule has 1 N–H and O–H groups in total. The van der Waals surface area contributed by atoms with E-state index in [1.165, 1.54) is 0 Å². The summed E-state index contributed by atoms with van der Waals surface area (Å²) < 4.78 is 5.26. The third-order valence-electron chi connectivity index (χ3n) is 5.47. The highest BCUT2D eigenvalue weighted by molar-refractivity contribution is 5.79. The highest BCUT2D eigenvalue weighted by Gasteiger charge is 2.44. The molecule has 2 saturated heterocycles. The topological polar surface area (TPSA) is 70.1 Å². The summed E-state index contributed by atoms with van der Waals surface area (Å²) >= 11 is 0. The van der Waals surface area contributed by atoms with E-state index in [0.29, 0.717) is 19.5 Å². The monoisotopic (exact) mass is 346 g/mol. The van der Waals surface area contributed by atoms with Gasteiger partial charge < -0.3 is 19.6 Å². The van der Waals surface area contributed by atoms with Crippen molar-refractivity contribution in [3.8, 4) is 5.75 Å². The van der Waals surface area contributed by atoms with Crippen molar-refractivity contribution < 1.29 is 19.4 Å². The molecule has 2 fully saturated rings. The summed E-state index contributed by atoms with van der Waals surface area (Å²) in [5.74, 6) is 0.285. The average Bonchev–Trinajstić information content (AvgIpc) is 2.89. The van der Waals surface area contributed by atoms with Gasteiger partial charge in [0.15, 0.2) is 0 Å². The van der Waals surface area contributed by atoms with Crippen LogP contribution in [-0.4, -0.2) is 60.1 Å². The Kier molecular flexibility index (Phi) is 5.27. The average molecular weight is 346 g/mol. The van der Waals surface area contributed by atoms with Crippen LogP contribution >= 0.6 is 0 Å². The Labute approximate surface area is 148 Å². The Morgan fingerprint density at radius 2 is 2.08 bits per heavy atom. The Hall–Kier alpha value is -2.08. The number of nitrogens with zero attached hydrogens (tertiary/aromatic N) is 2. The summed E-state index contributed by atoms with van der Waals surface area (Å²) in [6, 6.07) is 7.86. The van der Waals surface area contributed by atoms with Crippen LogP contribution in [0, 0.1) is 5.41 Å². The largest absolute Gasteiger partial charge is 0.497 e. The molecule has 6 heteroatoms. The predicted molar refractivity (Wildman–Crippen MR) is 93.4 cm³/mol. The van der Waals surface area contributed by atoms with Crippen molar-refractivity contribution >= 4 is 11.9 Å². The summed E-state index contributed by atoms with van der Waals surface area (Å²) in [6.07, 6.45) is 2.73. The first-order valence-electron chi connectivity index (χ1n) is 8.85. The molecule has 0 bridgehead atoms. The minimum absolute atomic E-state index is 0.0652. The van der Waals surface area contributed by atoms with Crippen molar-refractivity contribution in [1.82, 2.24) is 9.80 Å². The number of carboxylic acid groups (broad SMARTS) is 1. The number of carboxylic acids is 1. The van der Waals surface area contributed by atoms with Gasteiger partial charge in [-0.1, -0.05) is 12.1 Å². The molecule has 2 aliphatic heterocycles. The fourth-order valence-corrected chi connectivity index (χ4v) is 3.96. The van der Waals surface area contributed by atoms with E-state index < -0.39 is 5.97 Å². The van der Waals surface area contributed by atoms with Crippen molar-refractivity contribution in [3.63, 3.8) is 0 Å². The fourth-order valence-electron chi connectivity index (χ4n) is 3.96. The second kappa shape index (κ2) is 7.44. The minimum atomic E-state index is -0.749. The van der Waals surface area contributed by atoms with Crippen LogP contribution in [0.2, 0.25) is 0 Å². The van der Waals surface area contributed by atoms with Crippen LogP contribution < -0.4 is 4.74 Å². The van der Waals surface area contributed by atoms with Crippen LogP contribution in [0.5, 0.6) is 5.75 Å². The van der Waals surface area contributed by atoms with Crippen LogP contribution in [-0.2, 0) is 16.1 Å². The van der Waals surface area contributed by atoms with E-state index >= 15 is 0 Å². The summed E-state index contributed by atoms with van der Waals surface area (Å²) in [6.45, 7) is 3.80. The number of carbonyl (C=O) groups is 2. The van der Waals surface area contributed by atoms with Gasteiger partial charge in [0.2, 0.25) is 5.91 Å². The number of rotatable bonds is 6. The second-order valence-electron chi connectivity index (χ2n) is 7.26. The van der Waals surface area contributed by atoms with Gasteiger partial charge in [0.1, 0.15) is 5.75 Å². The number of likely N-dealkylation sites (tertiary alicyclic amines) is 2. The van der Waals surface area contributed by atoms with Gasteiger partial charge in [-0.2, -0.15) is 0 Å². The number of hydrogen-bond donors (Lipinski definition) is 1. The maximum Gasteiger partial charge on any atom is 0.304 e. The van der Waals surface area contributed by atoms with Crippen LogP contribution in [0.3, 0.4) is 0 Å². The van der Waals surface area contributed by atoms with Crippen molar-refractivity contribution in [2.75, 3.05) is 33.3 Å². The van der Waals surface area contributed by atoms with Crippen LogP contribution in [0.25, 0.3) is 0 Å². The zero-order chi connectivity index (χ0) is 17.9.